The van der Waals surface area contributed by atoms with Crippen molar-refractivity contribution in [3.8, 4) is 5.75 Å². The van der Waals surface area contributed by atoms with Gasteiger partial charge >= 0.3 is 0 Å². The molecule has 0 heterocycles. The molecule has 0 aliphatic carbocycles. The smallest absolute Gasteiger partial charge is 0.119 e. The lowest BCUT2D eigenvalue weighted by Gasteiger charge is -2.13. The minimum atomic E-state index is 0.241. The number of ether oxygens (including phenoxy) is 1. The van der Waals surface area contributed by atoms with Crippen LogP contribution >= 0.6 is 0 Å². The summed E-state index contributed by atoms with van der Waals surface area (Å²) in [4.78, 5) is 0. The minimum absolute atomic E-state index is 0.241. The van der Waals surface area contributed by atoms with E-state index in [2.05, 4.69) is 26.0 Å². The second kappa shape index (κ2) is 6.54. The molecule has 0 fully saturated rings. The van der Waals surface area contributed by atoms with E-state index in [4.69, 9.17) is 9.84 Å². The Balaban J connectivity index is 2.54. The van der Waals surface area contributed by atoms with Crippen molar-refractivity contribution < 1.29 is 9.84 Å². The van der Waals surface area contributed by atoms with E-state index in [1.807, 2.05) is 19.1 Å². The van der Waals surface area contributed by atoms with Crippen LogP contribution in [0.4, 0.5) is 0 Å². The molecular weight excluding hydrogens is 200 g/mol. The predicted molar refractivity (Wildman–Crippen MR) is 66.8 cm³/mol. The summed E-state index contributed by atoms with van der Waals surface area (Å²) < 4.78 is 5.70. The van der Waals surface area contributed by atoms with Crippen molar-refractivity contribution in [2.24, 2.45) is 5.92 Å². The molecule has 2 heteroatoms. The van der Waals surface area contributed by atoms with Gasteiger partial charge in [-0.2, -0.15) is 0 Å². The molecule has 90 valence electrons. The lowest BCUT2D eigenvalue weighted by atomic mass is 10.0. The van der Waals surface area contributed by atoms with Crippen molar-refractivity contribution in [1.82, 2.24) is 0 Å². The second-order valence-electron chi connectivity index (χ2n) is 4.47. The average molecular weight is 222 g/mol. The quantitative estimate of drug-likeness (QED) is 0.801. The van der Waals surface area contributed by atoms with Crippen molar-refractivity contribution in [3.63, 3.8) is 0 Å². The fraction of sp³-hybridized carbons (Fsp3) is 0.571. The van der Waals surface area contributed by atoms with Crippen molar-refractivity contribution >= 4 is 0 Å². The van der Waals surface area contributed by atoms with Crippen LogP contribution in [0.25, 0.3) is 0 Å². The van der Waals surface area contributed by atoms with Crippen LogP contribution in [0.3, 0.4) is 0 Å². The third kappa shape index (κ3) is 4.23. The molecule has 2 atom stereocenters. The molecule has 0 saturated heterocycles. The Morgan fingerprint density at radius 3 is 2.31 bits per heavy atom. The van der Waals surface area contributed by atoms with E-state index in [0.29, 0.717) is 5.92 Å². The molecular formula is C14H22O2. The molecule has 0 amide bonds. The zero-order valence-electron chi connectivity index (χ0n) is 10.4. The van der Waals surface area contributed by atoms with Crippen LogP contribution < -0.4 is 4.74 Å². The first kappa shape index (κ1) is 13.0. The van der Waals surface area contributed by atoms with Gasteiger partial charge in [0.25, 0.3) is 0 Å². The largest absolute Gasteiger partial charge is 0.491 e. The fourth-order valence-corrected chi connectivity index (χ4v) is 1.49. The minimum Gasteiger partial charge on any atom is -0.491 e. The van der Waals surface area contributed by atoms with E-state index >= 15 is 0 Å². The van der Waals surface area contributed by atoms with Gasteiger partial charge in [0.2, 0.25) is 0 Å². The molecule has 0 aliphatic heterocycles. The van der Waals surface area contributed by atoms with Gasteiger partial charge in [-0.15, -0.1) is 0 Å². The highest BCUT2D eigenvalue weighted by atomic mass is 16.5. The Morgan fingerprint density at radius 2 is 1.81 bits per heavy atom. The Kier molecular flexibility index (Phi) is 5.33. The molecule has 1 N–H and O–H groups in total. The lowest BCUT2D eigenvalue weighted by Crippen LogP contribution is -2.09. The highest BCUT2D eigenvalue weighted by molar-refractivity contribution is 5.27. The summed E-state index contributed by atoms with van der Waals surface area (Å²) in [7, 11) is 0. The fourth-order valence-electron chi connectivity index (χ4n) is 1.49. The number of aliphatic hydroxyl groups is 1. The van der Waals surface area contributed by atoms with Gasteiger partial charge < -0.3 is 9.84 Å². The van der Waals surface area contributed by atoms with Crippen molar-refractivity contribution in [2.75, 3.05) is 6.61 Å². The third-order valence-electron chi connectivity index (χ3n) is 2.73. The van der Waals surface area contributed by atoms with E-state index in [1.54, 1.807) is 0 Å². The molecule has 2 nitrogen and oxygen atoms in total. The van der Waals surface area contributed by atoms with Crippen LogP contribution in [0.1, 0.15) is 32.8 Å². The second-order valence-corrected chi connectivity index (χ2v) is 4.47. The zero-order valence-corrected chi connectivity index (χ0v) is 10.4. The molecule has 0 saturated carbocycles. The normalized spacial score (nSPS) is 14.5. The van der Waals surface area contributed by atoms with Crippen molar-refractivity contribution in [1.29, 1.82) is 0 Å². The highest BCUT2D eigenvalue weighted by Crippen LogP contribution is 2.16. The SMILES string of the molecule is CCC(C)Oc1ccc(CC(C)CO)cc1. The van der Waals surface area contributed by atoms with Gasteiger partial charge in [-0.3, -0.25) is 0 Å². The van der Waals surface area contributed by atoms with Crippen LogP contribution in [0.5, 0.6) is 5.75 Å². The highest BCUT2D eigenvalue weighted by Gasteiger charge is 2.03. The van der Waals surface area contributed by atoms with E-state index in [0.717, 1.165) is 18.6 Å². The molecule has 2 unspecified atom stereocenters. The molecule has 0 aliphatic rings. The van der Waals surface area contributed by atoms with Gasteiger partial charge in [0.05, 0.1) is 6.10 Å². The standard InChI is InChI=1S/C14H22O2/c1-4-12(3)16-14-7-5-13(6-8-14)9-11(2)10-15/h5-8,11-12,15H,4,9-10H2,1-3H3. The van der Waals surface area contributed by atoms with Crippen LogP contribution in [0, 0.1) is 5.92 Å². The van der Waals surface area contributed by atoms with Crippen LogP contribution in [-0.4, -0.2) is 17.8 Å². The number of aliphatic hydroxyl groups excluding tert-OH is 1. The van der Waals surface area contributed by atoms with Crippen molar-refractivity contribution in [3.05, 3.63) is 29.8 Å². The first-order chi connectivity index (χ1) is 7.65. The number of hydrogen-bond acceptors (Lipinski definition) is 2. The van der Waals surface area contributed by atoms with Gasteiger partial charge in [-0.05, 0) is 43.4 Å². The monoisotopic (exact) mass is 222 g/mol. The summed E-state index contributed by atoms with van der Waals surface area (Å²) in [5, 5.41) is 8.98. The summed E-state index contributed by atoms with van der Waals surface area (Å²) >= 11 is 0. The molecule has 1 aromatic carbocycles. The van der Waals surface area contributed by atoms with Gasteiger partial charge in [-0.25, -0.2) is 0 Å². The number of rotatable bonds is 6. The third-order valence-corrected chi connectivity index (χ3v) is 2.73. The average Bonchev–Trinajstić information content (AvgIpc) is 2.31. The van der Waals surface area contributed by atoms with Gasteiger partial charge in [0.1, 0.15) is 5.75 Å². The predicted octanol–water partition coefficient (Wildman–Crippen LogP) is 3.03. The maximum atomic E-state index is 8.98. The first-order valence-corrected chi connectivity index (χ1v) is 6.02. The molecule has 0 radical (unpaired) electrons. The lowest BCUT2D eigenvalue weighted by molar-refractivity contribution is 0.217. The van der Waals surface area contributed by atoms with Crippen LogP contribution in [0.2, 0.25) is 0 Å². The molecule has 1 rings (SSSR count). The van der Waals surface area contributed by atoms with Gasteiger partial charge in [0, 0.05) is 6.61 Å². The Bertz CT molecular complexity index is 261. The molecule has 1 aromatic rings. The van der Waals surface area contributed by atoms with E-state index in [-0.39, 0.29) is 12.7 Å². The van der Waals surface area contributed by atoms with E-state index in [1.165, 1.54) is 5.56 Å². The van der Waals surface area contributed by atoms with E-state index < -0.39 is 0 Å². The Hall–Kier alpha value is -1.02. The van der Waals surface area contributed by atoms with Gasteiger partial charge in [-0.1, -0.05) is 26.0 Å². The van der Waals surface area contributed by atoms with Crippen LogP contribution in [0.15, 0.2) is 24.3 Å². The maximum Gasteiger partial charge on any atom is 0.119 e. The topological polar surface area (TPSA) is 29.5 Å². The zero-order chi connectivity index (χ0) is 12.0. The summed E-state index contributed by atoms with van der Waals surface area (Å²) in [5.41, 5.74) is 1.25. The molecule has 16 heavy (non-hydrogen) atoms. The number of benzene rings is 1. The summed E-state index contributed by atoms with van der Waals surface area (Å²) in [6, 6.07) is 8.16. The molecule has 0 bridgehead atoms. The summed E-state index contributed by atoms with van der Waals surface area (Å²) in [6.45, 7) is 6.47. The van der Waals surface area contributed by atoms with Crippen molar-refractivity contribution in [2.45, 2.75) is 39.7 Å². The summed E-state index contributed by atoms with van der Waals surface area (Å²) in [6.07, 6.45) is 2.20. The first-order valence-electron chi connectivity index (χ1n) is 6.02. The Labute approximate surface area is 98.3 Å². The van der Waals surface area contributed by atoms with Crippen LogP contribution in [-0.2, 0) is 6.42 Å². The number of hydrogen-bond donors (Lipinski definition) is 1. The van der Waals surface area contributed by atoms with Gasteiger partial charge in [0.15, 0.2) is 0 Å². The van der Waals surface area contributed by atoms with E-state index in [9.17, 15) is 0 Å². The molecule has 0 aromatic heterocycles. The summed E-state index contributed by atoms with van der Waals surface area (Å²) in [5.74, 6) is 1.25. The molecule has 0 spiro atoms. The Morgan fingerprint density at radius 1 is 1.19 bits per heavy atom. The maximum absolute atomic E-state index is 8.98.